The number of aromatic nitrogens is 1. The topological polar surface area (TPSA) is 79.3 Å². The lowest BCUT2D eigenvalue weighted by Crippen LogP contribution is -2.16. The molecule has 0 unspecified atom stereocenters. The minimum absolute atomic E-state index is 0.0875. The van der Waals surface area contributed by atoms with Crippen LogP contribution in [-0.4, -0.2) is 18.5 Å². The van der Waals surface area contributed by atoms with Gasteiger partial charge in [-0.1, -0.05) is 6.07 Å². The van der Waals surface area contributed by atoms with Gasteiger partial charge in [0.1, 0.15) is 16.5 Å². The van der Waals surface area contributed by atoms with Crippen LogP contribution in [0.2, 0.25) is 0 Å². The zero-order valence-corrected chi connectivity index (χ0v) is 13.4. The molecular weight excluding hydrogens is 363 g/mol. The summed E-state index contributed by atoms with van der Waals surface area (Å²) < 4.78 is 41.1. The zero-order chi connectivity index (χ0) is 15.6. The van der Waals surface area contributed by atoms with Gasteiger partial charge in [0, 0.05) is 4.47 Å². The van der Waals surface area contributed by atoms with E-state index in [1.54, 1.807) is 13.0 Å². The first kappa shape index (κ1) is 15.9. The SMILES string of the molecule is Cc1nc(NS(=O)(=O)c2cc(CO)ccc2F)ccc1Br. The lowest BCUT2D eigenvalue weighted by Gasteiger charge is -2.10. The molecule has 0 aliphatic rings. The van der Waals surface area contributed by atoms with Crippen LogP contribution in [-0.2, 0) is 16.6 Å². The van der Waals surface area contributed by atoms with Crippen LogP contribution in [0.3, 0.4) is 0 Å². The monoisotopic (exact) mass is 374 g/mol. The van der Waals surface area contributed by atoms with Gasteiger partial charge in [0.05, 0.1) is 12.3 Å². The molecule has 0 spiro atoms. The second kappa shape index (κ2) is 6.08. The predicted molar refractivity (Wildman–Crippen MR) is 79.8 cm³/mol. The van der Waals surface area contributed by atoms with Gasteiger partial charge in [-0.25, -0.2) is 17.8 Å². The van der Waals surface area contributed by atoms with E-state index in [2.05, 4.69) is 25.6 Å². The van der Waals surface area contributed by atoms with Gasteiger partial charge in [0.2, 0.25) is 0 Å². The number of rotatable bonds is 4. The van der Waals surface area contributed by atoms with E-state index in [-0.39, 0.29) is 12.4 Å². The molecule has 0 aliphatic heterocycles. The Kier molecular flexibility index (Phi) is 4.60. The summed E-state index contributed by atoms with van der Waals surface area (Å²) in [6, 6.07) is 6.50. The van der Waals surface area contributed by atoms with Crippen LogP contribution in [0.25, 0.3) is 0 Å². The highest BCUT2D eigenvalue weighted by Crippen LogP contribution is 2.21. The second-order valence-electron chi connectivity index (χ2n) is 4.29. The maximum absolute atomic E-state index is 13.7. The summed E-state index contributed by atoms with van der Waals surface area (Å²) >= 11 is 3.26. The van der Waals surface area contributed by atoms with Crippen molar-refractivity contribution >= 4 is 31.8 Å². The first-order valence-electron chi connectivity index (χ1n) is 5.89. The van der Waals surface area contributed by atoms with Crippen molar-refractivity contribution in [2.45, 2.75) is 18.4 Å². The summed E-state index contributed by atoms with van der Waals surface area (Å²) in [7, 11) is -4.12. The van der Waals surface area contributed by atoms with Crippen LogP contribution in [0.1, 0.15) is 11.3 Å². The van der Waals surface area contributed by atoms with Crippen LogP contribution in [0.4, 0.5) is 10.2 Å². The highest BCUT2D eigenvalue weighted by Gasteiger charge is 2.20. The molecule has 5 nitrogen and oxygen atoms in total. The first-order chi connectivity index (χ1) is 9.83. The molecule has 0 amide bonds. The lowest BCUT2D eigenvalue weighted by molar-refractivity contribution is 0.281. The third-order valence-corrected chi connectivity index (χ3v) is 4.94. The van der Waals surface area contributed by atoms with Crippen molar-refractivity contribution in [1.29, 1.82) is 0 Å². The summed E-state index contributed by atoms with van der Waals surface area (Å²) in [6.45, 7) is 1.33. The molecule has 0 fully saturated rings. The Morgan fingerprint density at radius 3 is 2.67 bits per heavy atom. The average molecular weight is 375 g/mol. The van der Waals surface area contributed by atoms with E-state index in [1.807, 2.05) is 0 Å². The standard InChI is InChI=1S/C13H12BrFN2O3S/c1-8-10(14)3-5-13(16-8)17-21(19,20)12-6-9(7-18)2-4-11(12)15/h2-6,18H,7H2,1H3,(H,16,17). The van der Waals surface area contributed by atoms with E-state index >= 15 is 0 Å². The van der Waals surface area contributed by atoms with Gasteiger partial charge in [0.25, 0.3) is 10.0 Å². The molecule has 2 aromatic rings. The number of anilines is 1. The lowest BCUT2D eigenvalue weighted by atomic mass is 10.2. The number of benzene rings is 1. The number of hydrogen-bond donors (Lipinski definition) is 2. The molecule has 0 aliphatic carbocycles. The minimum Gasteiger partial charge on any atom is -0.392 e. The molecule has 2 N–H and O–H groups in total. The quantitative estimate of drug-likeness (QED) is 0.861. The third-order valence-electron chi connectivity index (χ3n) is 2.73. The number of halogens is 2. The van der Waals surface area contributed by atoms with Gasteiger partial charge >= 0.3 is 0 Å². The number of nitrogens with zero attached hydrogens (tertiary/aromatic N) is 1. The van der Waals surface area contributed by atoms with Crippen molar-refractivity contribution in [3.8, 4) is 0 Å². The number of aryl methyl sites for hydroxylation is 1. The van der Waals surface area contributed by atoms with E-state index in [4.69, 9.17) is 5.11 Å². The molecule has 0 atom stereocenters. The number of pyridine rings is 1. The van der Waals surface area contributed by atoms with Gasteiger partial charge < -0.3 is 5.11 Å². The summed E-state index contributed by atoms with van der Waals surface area (Å²) in [4.78, 5) is 3.52. The molecule has 0 bridgehead atoms. The van der Waals surface area contributed by atoms with Crippen LogP contribution in [0.15, 0.2) is 39.7 Å². The number of aliphatic hydroxyl groups excluding tert-OH is 1. The summed E-state index contributed by atoms with van der Waals surface area (Å²) in [5.41, 5.74) is 0.900. The smallest absolute Gasteiger partial charge is 0.265 e. The third kappa shape index (κ3) is 3.58. The molecule has 0 saturated carbocycles. The summed E-state index contributed by atoms with van der Waals surface area (Å²) in [6.07, 6.45) is 0. The van der Waals surface area contributed by atoms with E-state index in [1.165, 1.54) is 12.1 Å². The molecule has 2 rings (SSSR count). The largest absolute Gasteiger partial charge is 0.392 e. The number of nitrogens with one attached hydrogen (secondary N) is 1. The Balaban J connectivity index is 2.40. The Bertz CT molecular complexity index is 781. The van der Waals surface area contributed by atoms with Crippen LogP contribution in [0, 0.1) is 12.7 Å². The van der Waals surface area contributed by atoms with Gasteiger partial charge in [-0.15, -0.1) is 0 Å². The van der Waals surface area contributed by atoms with Gasteiger partial charge in [-0.05, 0) is 52.7 Å². The predicted octanol–water partition coefficient (Wildman–Crippen LogP) is 2.58. The van der Waals surface area contributed by atoms with Gasteiger partial charge in [-0.3, -0.25) is 4.72 Å². The summed E-state index contributed by atoms with van der Waals surface area (Å²) in [5.74, 6) is -0.807. The minimum atomic E-state index is -4.12. The van der Waals surface area contributed by atoms with Crippen molar-refractivity contribution in [3.05, 3.63) is 51.9 Å². The fourth-order valence-electron chi connectivity index (χ4n) is 1.65. The molecule has 0 radical (unpaired) electrons. The molecule has 1 heterocycles. The van der Waals surface area contributed by atoms with Gasteiger partial charge in [0.15, 0.2) is 0 Å². The molecule has 8 heteroatoms. The highest BCUT2D eigenvalue weighted by molar-refractivity contribution is 9.10. The van der Waals surface area contributed by atoms with E-state index < -0.39 is 20.7 Å². The van der Waals surface area contributed by atoms with Crippen molar-refractivity contribution in [2.24, 2.45) is 0 Å². The van der Waals surface area contributed by atoms with Crippen molar-refractivity contribution in [2.75, 3.05) is 4.72 Å². The van der Waals surface area contributed by atoms with Gasteiger partial charge in [-0.2, -0.15) is 0 Å². The van der Waals surface area contributed by atoms with Crippen molar-refractivity contribution < 1.29 is 17.9 Å². The number of hydrogen-bond acceptors (Lipinski definition) is 4. The normalized spacial score (nSPS) is 11.4. The highest BCUT2D eigenvalue weighted by atomic mass is 79.9. The molecule has 1 aromatic heterocycles. The molecule has 112 valence electrons. The molecule has 0 saturated heterocycles. The fraction of sp³-hybridized carbons (Fsp3) is 0.154. The molecular formula is C13H12BrFN2O3S. The maximum atomic E-state index is 13.7. The van der Waals surface area contributed by atoms with Crippen LogP contribution in [0.5, 0.6) is 0 Å². The number of aliphatic hydroxyl groups is 1. The molecule has 21 heavy (non-hydrogen) atoms. The Hall–Kier alpha value is -1.51. The van der Waals surface area contributed by atoms with Crippen molar-refractivity contribution in [3.63, 3.8) is 0 Å². The first-order valence-corrected chi connectivity index (χ1v) is 8.16. The summed E-state index contributed by atoms with van der Waals surface area (Å²) in [5, 5.41) is 9.02. The van der Waals surface area contributed by atoms with Crippen molar-refractivity contribution in [1.82, 2.24) is 4.98 Å². The molecule has 1 aromatic carbocycles. The van der Waals surface area contributed by atoms with E-state index in [9.17, 15) is 12.8 Å². The fourth-order valence-corrected chi connectivity index (χ4v) is 3.00. The number of sulfonamides is 1. The van der Waals surface area contributed by atoms with Crippen LogP contribution < -0.4 is 4.72 Å². The van der Waals surface area contributed by atoms with E-state index in [0.717, 1.165) is 16.6 Å². The maximum Gasteiger partial charge on any atom is 0.265 e. The van der Waals surface area contributed by atoms with Crippen LogP contribution >= 0.6 is 15.9 Å². The van der Waals surface area contributed by atoms with E-state index in [0.29, 0.717) is 11.3 Å². The average Bonchev–Trinajstić information content (AvgIpc) is 2.43. The Morgan fingerprint density at radius 2 is 2.05 bits per heavy atom. The second-order valence-corrected chi connectivity index (χ2v) is 6.80. The Labute approximate surface area is 130 Å². The Morgan fingerprint density at radius 1 is 1.33 bits per heavy atom. The zero-order valence-electron chi connectivity index (χ0n) is 11.0.